The van der Waals surface area contributed by atoms with Crippen LogP contribution in [-0.2, 0) is 0 Å². The summed E-state index contributed by atoms with van der Waals surface area (Å²) >= 11 is 0. The maximum Gasteiger partial charge on any atom is 0.119 e. The Bertz CT molecular complexity index is 304. The number of hydrogen-bond acceptors (Lipinski definition) is 3. The molecule has 0 spiro atoms. The lowest BCUT2D eigenvalue weighted by Gasteiger charge is -2.36. The summed E-state index contributed by atoms with van der Waals surface area (Å²) in [6.45, 7) is 3.15. The Morgan fingerprint density at radius 1 is 1.33 bits per heavy atom. The molecular weight excluding hydrogens is 190 g/mol. The molecule has 1 aromatic rings. The van der Waals surface area contributed by atoms with E-state index in [1.54, 1.807) is 24.3 Å². The number of benzene rings is 1. The van der Waals surface area contributed by atoms with E-state index in [-0.39, 0.29) is 5.75 Å². The highest BCUT2D eigenvalue weighted by Crippen LogP contribution is 2.19. The number of ether oxygens (including phenoxy) is 1. The highest BCUT2D eigenvalue weighted by Gasteiger charge is 2.22. The molecule has 0 bridgehead atoms. The molecule has 15 heavy (non-hydrogen) atoms. The summed E-state index contributed by atoms with van der Waals surface area (Å²) in [7, 11) is 2.14. The van der Waals surface area contributed by atoms with Crippen molar-refractivity contribution in [3.8, 4) is 11.5 Å². The van der Waals surface area contributed by atoms with Gasteiger partial charge in [0.1, 0.15) is 11.5 Å². The van der Waals surface area contributed by atoms with E-state index < -0.39 is 0 Å². The second-order valence-corrected chi connectivity index (χ2v) is 4.22. The average Bonchev–Trinajstić information content (AvgIpc) is 2.18. The second-order valence-electron chi connectivity index (χ2n) is 4.22. The molecule has 1 aromatic carbocycles. The number of likely N-dealkylation sites (tertiary alicyclic amines) is 1. The zero-order chi connectivity index (χ0) is 10.7. The molecule has 1 fully saturated rings. The van der Waals surface area contributed by atoms with E-state index in [2.05, 4.69) is 11.9 Å². The van der Waals surface area contributed by atoms with Gasteiger partial charge in [0.25, 0.3) is 0 Å². The Morgan fingerprint density at radius 3 is 2.60 bits per heavy atom. The summed E-state index contributed by atoms with van der Waals surface area (Å²) in [5.74, 6) is 1.91. The zero-order valence-corrected chi connectivity index (χ0v) is 9.02. The van der Waals surface area contributed by atoms with Gasteiger partial charge < -0.3 is 14.7 Å². The second kappa shape index (κ2) is 4.53. The molecule has 1 heterocycles. The summed E-state index contributed by atoms with van der Waals surface area (Å²) in [6.07, 6.45) is 1.12. The Balaban J connectivity index is 1.67. The molecular formula is C12H17NO2. The Labute approximate surface area is 90.3 Å². The van der Waals surface area contributed by atoms with Crippen molar-refractivity contribution in [1.29, 1.82) is 0 Å². The SMILES string of the molecule is CN1CC(CCOc2ccc(O)cc2)C1. The van der Waals surface area contributed by atoms with Crippen molar-refractivity contribution >= 4 is 0 Å². The smallest absolute Gasteiger partial charge is 0.119 e. The van der Waals surface area contributed by atoms with Gasteiger partial charge in [-0.1, -0.05) is 0 Å². The summed E-state index contributed by atoms with van der Waals surface area (Å²) < 4.78 is 5.57. The average molecular weight is 207 g/mol. The molecule has 0 unspecified atom stereocenters. The summed E-state index contributed by atoms with van der Waals surface area (Å²) in [4.78, 5) is 2.31. The monoisotopic (exact) mass is 207 g/mol. The quantitative estimate of drug-likeness (QED) is 0.816. The third-order valence-electron chi connectivity index (χ3n) is 2.77. The first-order valence-electron chi connectivity index (χ1n) is 5.34. The molecule has 1 aliphatic heterocycles. The molecule has 0 aliphatic carbocycles. The van der Waals surface area contributed by atoms with Crippen LogP contribution in [0.25, 0.3) is 0 Å². The molecule has 2 rings (SSSR count). The van der Waals surface area contributed by atoms with Gasteiger partial charge in [-0.15, -0.1) is 0 Å². The molecule has 82 valence electrons. The van der Waals surface area contributed by atoms with E-state index in [0.29, 0.717) is 0 Å². The molecule has 3 nitrogen and oxygen atoms in total. The fourth-order valence-electron chi connectivity index (χ4n) is 1.90. The Morgan fingerprint density at radius 2 is 2.00 bits per heavy atom. The highest BCUT2D eigenvalue weighted by atomic mass is 16.5. The van der Waals surface area contributed by atoms with Gasteiger partial charge in [0.05, 0.1) is 6.61 Å². The fraction of sp³-hybridized carbons (Fsp3) is 0.500. The van der Waals surface area contributed by atoms with Gasteiger partial charge in [-0.2, -0.15) is 0 Å². The first-order chi connectivity index (χ1) is 7.24. The van der Waals surface area contributed by atoms with Crippen molar-refractivity contribution in [2.45, 2.75) is 6.42 Å². The number of phenolic OH excluding ortho intramolecular Hbond substituents is 1. The minimum atomic E-state index is 0.281. The number of hydrogen-bond donors (Lipinski definition) is 1. The van der Waals surface area contributed by atoms with Crippen LogP contribution in [0, 0.1) is 5.92 Å². The van der Waals surface area contributed by atoms with Crippen LogP contribution < -0.4 is 4.74 Å². The van der Waals surface area contributed by atoms with E-state index in [1.807, 2.05) is 0 Å². The van der Waals surface area contributed by atoms with Crippen molar-refractivity contribution in [3.05, 3.63) is 24.3 Å². The number of aromatic hydroxyl groups is 1. The summed E-state index contributed by atoms with van der Waals surface area (Å²) in [6, 6.07) is 6.88. The molecule has 0 atom stereocenters. The number of phenols is 1. The van der Waals surface area contributed by atoms with Crippen molar-refractivity contribution < 1.29 is 9.84 Å². The fourth-order valence-corrected chi connectivity index (χ4v) is 1.90. The molecule has 0 aromatic heterocycles. The molecule has 1 saturated heterocycles. The van der Waals surface area contributed by atoms with Crippen molar-refractivity contribution in [1.82, 2.24) is 4.90 Å². The van der Waals surface area contributed by atoms with Gasteiger partial charge in [-0.05, 0) is 43.7 Å². The van der Waals surface area contributed by atoms with E-state index in [9.17, 15) is 0 Å². The van der Waals surface area contributed by atoms with Gasteiger partial charge >= 0.3 is 0 Å². The van der Waals surface area contributed by atoms with Gasteiger partial charge in [0.15, 0.2) is 0 Å². The van der Waals surface area contributed by atoms with Crippen LogP contribution in [0.4, 0.5) is 0 Å². The molecule has 1 N–H and O–H groups in total. The predicted octanol–water partition coefficient (Wildman–Crippen LogP) is 1.72. The highest BCUT2D eigenvalue weighted by molar-refractivity contribution is 5.29. The first kappa shape index (κ1) is 10.3. The summed E-state index contributed by atoms with van der Waals surface area (Å²) in [5, 5.41) is 9.09. The van der Waals surface area contributed by atoms with Gasteiger partial charge in [-0.25, -0.2) is 0 Å². The van der Waals surface area contributed by atoms with Crippen LogP contribution in [-0.4, -0.2) is 36.8 Å². The van der Waals surface area contributed by atoms with E-state index in [4.69, 9.17) is 9.84 Å². The van der Waals surface area contributed by atoms with Crippen LogP contribution >= 0.6 is 0 Å². The Hall–Kier alpha value is -1.22. The van der Waals surface area contributed by atoms with Crippen molar-refractivity contribution in [2.24, 2.45) is 5.92 Å². The van der Waals surface area contributed by atoms with Crippen molar-refractivity contribution in [3.63, 3.8) is 0 Å². The standard InChI is InChI=1S/C12H17NO2/c1-13-8-10(9-13)6-7-15-12-4-2-11(14)3-5-12/h2-5,10,14H,6-9H2,1H3. The lowest BCUT2D eigenvalue weighted by Crippen LogP contribution is -2.44. The molecule has 1 aliphatic rings. The zero-order valence-electron chi connectivity index (χ0n) is 9.02. The van der Waals surface area contributed by atoms with Crippen LogP contribution in [0.1, 0.15) is 6.42 Å². The Kier molecular flexibility index (Phi) is 3.11. The normalized spacial score (nSPS) is 17.4. The maximum atomic E-state index is 9.09. The van der Waals surface area contributed by atoms with Crippen molar-refractivity contribution in [2.75, 3.05) is 26.7 Å². The third kappa shape index (κ3) is 2.86. The predicted molar refractivity (Wildman–Crippen MR) is 59.2 cm³/mol. The van der Waals surface area contributed by atoms with Crippen LogP contribution in [0.3, 0.4) is 0 Å². The van der Waals surface area contributed by atoms with Crippen LogP contribution in [0.5, 0.6) is 11.5 Å². The van der Waals surface area contributed by atoms with Gasteiger partial charge in [0.2, 0.25) is 0 Å². The van der Waals surface area contributed by atoms with Crippen LogP contribution in [0.15, 0.2) is 24.3 Å². The van der Waals surface area contributed by atoms with E-state index in [1.165, 1.54) is 13.1 Å². The molecule has 0 saturated carbocycles. The molecule has 0 amide bonds. The maximum absolute atomic E-state index is 9.09. The number of rotatable bonds is 4. The molecule has 0 radical (unpaired) electrons. The van der Waals surface area contributed by atoms with Gasteiger partial charge in [0, 0.05) is 13.1 Å². The minimum absolute atomic E-state index is 0.281. The topological polar surface area (TPSA) is 32.7 Å². The van der Waals surface area contributed by atoms with E-state index >= 15 is 0 Å². The lowest BCUT2D eigenvalue weighted by molar-refractivity contribution is 0.110. The summed E-state index contributed by atoms with van der Waals surface area (Å²) in [5.41, 5.74) is 0. The third-order valence-corrected chi connectivity index (χ3v) is 2.77. The van der Waals surface area contributed by atoms with Gasteiger partial charge in [-0.3, -0.25) is 0 Å². The minimum Gasteiger partial charge on any atom is -0.508 e. The molecule has 3 heteroatoms. The largest absolute Gasteiger partial charge is 0.508 e. The van der Waals surface area contributed by atoms with Crippen LogP contribution in [0.2, 0.25) is 0 Å². The van der Waals surface area contributed by atoms with E-state index in [0.717, 1.165) is 24.7 Å². The lowest BCUT2D eigenvalue weighted by atomic mass is 9.98. The first-order valence-corrected chi connectivity index (χ1v) is 5.34. The number of nitrogens with zero attached hydrogens (tertiary/aromatic N) is 1.